The number of aliphatic hydroxyl groups is 2. The van der Waals surface area contributed by atoms with Gasteiger partial charge in [0.25, 0.3) is 5.24 Å². The number of likely N-dealkylation sites (tertiary alicyclic amines) is 2. The second-order valence-electron chi connectivity index (χ2n) is 22.7. The summed E-state index contributed by atoms with van der Waals surface area (Å²) >= 11 is 5.48. The van der Waals surface area contributed by atoms with Gasteiger partial charge in [0.1, 0.15) is 17.2 Å². The topological polar surface area (TPSA) is 248 Å². The fourth-order valence-electron chi connectivity index (χ4n) is 11.1. The van der Waals surface area contributed by atoms with E-state index in [9.17, 15) is 44.0 Å². The number of hydrogen-bond acceptors (Lipinski definition) is 18. The van der Waals surface area contributed by atoms with Gasteiger partial charge in [-0.15, -0.1) is 0 Å². The molecular weight excluding hydrogens is 1140 g/mol. The molecular formula is C66H86BClN8O12. The van der Waals surface area contributed by atoms with Crippen LogP contribution in [0.15, 0.2) is 146 Å². The van der Waals surface area contributed by atoms with Crippen LogP contribution in [0, 0.1) is 5.41 Å². The van der Waals surface area contributed by atoms with E-state index in [4.69, 9.17) is 16.3 Å². The molecule has 0 spiro atoms. The SMILES string of the molecule is COC(=O)C1(CC(=O)c2cncn2[C@H](C)c2ccccc2)CCNCC1.COC(=O)C1(O)CCN(B(C)O)CC1.COC(=O)C1(O)CCN(Cc2ccccc2)CC1.C[C@H](c1ccccc1)n1cncc1C(=O)Cl.O=C1CCN(Cc2ccccc2)CC1. The number of rotatable bonds is 16. The predicted molar refractivity (Wildman–Crippen MR) is 336 cm³/mol. The number of nitrogens with zero attached hydrogens (tertiary/aromatic N) is 7. The molecule has 4 N–H and O–H groups in total. The number of halogens is 1. The van der Waals surface area contributed by atoms with Crippen molar-refractivity contribution in [3.05, 3.63) is 180 Å². The average molecular weight is 1230 g/mol. The molecule has 4 saturated heterocycles. The number of aromatic nitrogens is 4. The summed E-state index contributed by atoms with van der Waals surface area (Å²) in [7, 11) is 3.44. The molecule has 10 rings (SSSR count). The maximum Gasteiger partial charge on any atom is 0.376 e. The van der Waals surface area contributed by atoms with Crippen molar-refractivity contribution in [2.45, 2.75) is 115 Å². The molecule has 22 heteroatoms. The zero-order valence-corrected chi connectivity index (χ0v) is 52.3. The minimum Gasteiger partial charge on any atom is -0.469 e. The van der Waals surface area contributed by atoms with Crippen molar-refractivity contribution in [2.24, 2.45) is 5.41 Å². The minimum absolute atomic E-state index is 0.0141. The van der Waals surface area contributed by atoms with Crippen LogP contribution in [0.2, 0.25) is 6.82 Å². The third-order valence-electron chi connectivity index (χ3n) is 16.8. The largest absolute Gasteiger partial charge is 0.469 e. The second kappa shape index (κ2) is 34.5. The Morgan fingerprint density at radius 2 is 0.966 bits per heavy atom. The summed E-state index contributed by atoms with van der Waals surface area (Å²) in [5.41, 5.74) is 2.34. The van der Waals surface area contributed by atoms with Crippen molar-refractivity contribution in [3.63, 3.8) is 0 Å². The van der Waals surface area contributed by atoms with Crippen LogP contribution in [-0.2, 0) is 46.5 Å². The monoisotopic (exact) mass is 1230 g/mol. The third kappa shape index (κ3) is 20.2. The Kier molecular flexibility index (Phi) is 27.4. The fourth-order valence-corrected chi connectivity index (χ4v) is 11.3. The van der Waals surface area contributed by atoms with E-state index in [1.165, 1.54) is 38.7 Å². The minimum atomic E-state index is -1.36. The summed E-state index contributed by atoms with van der Waals surface area (Å²) in [5, 5.41) is 32.0. The van der Waals surface area contributed by atoms with E-state index in [0.29, 0.717) is 95.0 Å². The highest BCUT2D eigenvalue weighted by Crippen LogP contribution is 2.36. The van der Waals surface area contributed by atoms with Gasteiger partial charge in [-0.3, -0.25) is 29.0 Å². The predicted octanol–water partition coefficient (Wildman–Crippen LogP) is 7.61. The van der Waals surface area contributed by atoms with Gasteiger partial charge in [0.2, 0.25) is 0 Å². The molecule has 4 fully saturated rings. The number of ether oxygens (including phenoxy) is 3. The van der Waals surface area contributed by atoms with Crippen LogP contribution in [0.4, 0.5) is 0 Å². The molecule has 20 nitrogen and oxygen atoms in total. The van der Waals surface area contributed by atoms with Gasteiger partial charge in [0.05, 0.1) is 63.9 Å². The van der Waals surface area contributed by atoms with Crippen LogP contribution in [0.3, 0.4) is 0 Å². The van der Waals surface area contributed by atoms with Crippen LogP contribution >= 0.6 is 11.6 Å². The molecule has 2 atom stereocenters. The zero-order chi connectivity index (χ0) is 63.7. The van der Waals surface area contributed by atoms with Crippen molar-refractivity contribution in [1.82, 2.24) is 39.0 Å². The van der Waals surface area contributed by atoms with Gasteiger partial charge in [0, 0.05) is 58.5 Å². The number of benzene rings is 4. The van der Waals surface area contributed by atoms with Gasteiger partial charge >= 0.3 is 25.0 Å². The fraction of sp³-hybridized carbons (Fsp3) is 0.455. The van der Waals surface area contributed by atoms with Crippen molar-refractivity contribution in [2.75, 3.05) is 73.7 Å². The van der Waals surface area contributed by atoms with E-state index in [2.05, 4.69) is 71.0 Å². The Bertz CT molecular complexity index is 3100. The highest BCUT2D eigenvalue weighted by molar-refractivity contribution is 6.67. The molecule has 0 saturated carbocycles. The summed E-state index contributed by atoms with van der Waals surface area (Å²) in [6.45, 7) is 13.2. The van der Waals surface area contributed by atoms with E-state index in [-0.39, 0.29) is 30.3 Å². The summed E-state index contributed by atoms with van der Waals surface area (Å²) in [6, 6.07) is 40.5. The number of carbonyl (C=O) groups is 6. The Labute approximate surface area is 522 Å². The van der Waals surface area contributed by atoms with Gasteiger partial charge in [-0.2, -0.15) is 0 Å². The number of Topliss-reactive ketones (excluding diaryl/α,β-unsaturated/α-hetero) is 2. The summed E-state index contributed by atoms with van der Waals surface area (Å²) < 4.78 is 17.8. The summed E-state index contributed by atoms with van der Waals surface area (Å²) in [6.07, 6.45) is 10.7. The number of ketones is 2. The van der Waals surface area contributed by atoms with Crippen molar-refractivity contribution >= 4 is 53.4 Å². The quantitative estimate of drug-likeness (QED) is 0.0239. The summed E-state index contributed by atoms with van der Waals surface area (Å²) in [5.74, 6) is -1.05. The molecule has 0 radical (unpaired) electrons. The number of hydrogen-bond donors (Lipinski definition) is 4. The molecule has 6 aromatic rings. The van der Waals surface area contributed by atoms with Gasteiger partial charge < -0.3 is 48.7 Å². The van der Waals surface area contributed by atoms with E-state index in [1.54, 1.807) is 35.1 Å². The van der Waals surface area contributed by atoms with Gasteiger partial charge in [0.15, 0.2) is 17.0 Å². The normalized spacial score (nSPS) is 17.8. The van der Waals surface area contributed by atoms with Crippen LogP contribution in [-0.4, -0.2) is 176 Å². The number of nitrogens with one attached hydrogen (secondary N) is 1. The Morgan fingerprint density at radius 1 is 0.580 bits per heavy atom. The average Bonchev–Trinajstić information content (AvgIpc) is 3.25. The standard InChI is InChI=1S/C20H25N3O3.C14H19NO3.C12H11ClN2O.C12H15NO.C8H16BNO4/c1-15(16-6-4-3-5-7-16)23-14-22-13-17(23)18(24)12-20(19(25)26-2)8-10-21-11-9-20;1-18-13(16)14(17)7-9-15(10-8-14)11-12-5-3-2-4-6-12;1-9(10-5-3-2-4-6-10)15-8-14-7-11(15)12(13)16;14-12-6-8-13(9-7-12)10-11-4-2-1-3-5-11;1-9(13)10-5-3-8(12,4-6-10)7(11)14-2/h3-7,13-15,21H,8-12H2,1-2H3;2-6,17H,7-11H2,1H3;2-9H,1H3;1-5H,6-10H2;12-13H,3-6H2,1-2H3/t15-;;9-;;/m1.1../s1. The lowest BCUT2D eigenvalue weighted by molar-refractivity contribution is -0.167. The first-order chi connectivity index (χ1) is 42.2. The number of carbonyl (C=O) groups excluding carboxylic acids is 6. The molecule has 0 bridgehead atoms. The first-order valence-corrected chi connectivity index (χ1v) is 30.4. The number of imidazole rings is 2. The lowest BCUT2D eigenvalue weighted by Crippen LogP contribution is -2.53. The van der Waals surface area contributed by atoms with Gasteiger partial charge in [-0.25, -0.2) is 19.6 Å². The number of methoxy groups -OCH3 is 3. The molecule has 0 aliphatic carbocycles. The number of piperidine rings is 4. The molecule has 2 aromatic heterocycles. The molecule has 0 unspecified atom stereocenters. The third-order valence-corrected chi connectivity index (χ3v) is 17.0. The van der Waals surface area contributed by atoms with Crippen LogP contribution in [0.25, 0.3) is 0 Å². The van der Waals surface area contributed by atoms with E-state index in [1.807, 2.05) is 103 Å². The first-order valence-electron chi connectivity index (χ1n) is 30.0. The van der Waals surface area contributed by atoms with E-state index in [0.717, 1.165) is 50.1 Å². The maximum atomic E-state index is 13.1. The van der Waals surface area contributed by atoms with Crippen LogP contribution < -0.4 is 5.32 Å². The second-order valence-corrected chi connectivity index (χ2v) is 23.1. The van der Waals surface area contributed by atoms with E-state index < -0.39 is 40.8 Å². The molecule has 4 aromatic carbocycles. The first kappa shape index (κ1) is 69.9. The van der Waals surface area contributed by atoms with Gasteiger partial charge in [-0.05, 0) is 119 Å². The molecule has 4 aliphatic heterocycles. The van der Waals surface area contributed by atoms with Crippen LogP contribution in [0.5, 0.6) is 0 Å². The lowest BCUT2D eigenvalue weighted by atomic mass is 9.74. The van der Waals surface area contributed by atoms with E-state index >= 15 is 0 Å². The zero-order valence-electron chi connectivity index (χ0n) is 51.5. The smallest absolute Gasteiger partial charge is 0.376 e. The maximum absolute atomic E-state index is 13.1. The lowest BCUT2D eigenvalue weighted by Gasteiger charge is -2.36. The van der Waals surface area contributed by atoms with Crippen molar-refractivity contribution < 1.29 is 58.2 Å². The molecule has 0 amide bonds. The molecule has 6 heterocycles. The Hall–Kier alpha value is -7.21. The highest BCUT2D eigenvalue weighted by Gasteiger charge is 2.44. The van der Waals surface area contributed by atoms with Gasteiger partial charge in [-0.1, -0.05) is 121 Å². The van der Waals surface area contributed by atoms with Crippen LogP contribution in [0.1, 0.15) is 127 Å². The molecule has 4 aliphatic rings. The summed E-state index contributed by atoms with van der Waals surface area (Å²) in [4.78, 5) is 84.9. The Morgan fingerprint density at radius 3 is 1.38 bits per heavy atom. The number of esters is 3. The Balaban J connectivity index is 0.000000179. The highest BCUT2D eigenvalue weighted by atomic mass is 35.5. The molecule has 472 valence electrons. The molecule has 88 heavy (non-hydrogen) atoms. The van der Waals surface area contributed by atoms with Crippen molar-refractivity contribution in [3.8, 4) is 0 Å². The van der Waals surface area contributed by atoms with Crippen molar-refractivity contribution in [1.29, 1.82) is 0 Å².